The lowest BCUT2D eigenvalue weighted by Crippen LogP contribution is -2.40. The summed E-state index contributed by atoms with van der Waals surface area (Å²) in [7, 11) is 0. The van der Waals surface area contributed by atoms with Crippen molar-refractivity contribution < 1.29 is 38.1 Å². The van der Waals surface area contributed by atoms with Crippen molar-refractivity contribution in [3.05, 3.63) is 40.2 Å². The van der Waals surface area contributed by atoms with Crippen LogP contribution in [-0.4, -0.2) is 68.3 Å². The number of aromatic nitrogens is 4. The van der Waals surface area contributed by atoms with Gasteiger partial charge in [0.25, 0.3) is 11.5 Å². The number of amides is 1. The van der Waals surface area contributed by atoms with E-state index in [9.17, 15) is 24.0 Å². The van der Waals surface area contributed by atoms with E-state index in [0.717, 1.165) is 19.4 Å². The van der Waals surface area contributed by atoms with E-state index >= 15 is 0 Å². The third-order valence-electron chi connectivity index (χ3n) is 5.71. The van der Waals surface area contributed by atoms with Gasteiger partial charge in [-0.3, -0.25) is 38.8 Å². The van der Waals surface area contributed by atoms with Crippen LogP contribution in [0.25, 0.3) is 11.2 Å². The van der Waals surface area contributed by atoms with Crippen molar-refractivity contribution in [1.82, 2.24) is 19.5 Å². The second kappa shape index (κ2) is 12.0. The first-order valence-corrected chi connectivity index (χ1v) is 12.3. The number of rotatable bonds is 8. The summed E-state index contributed by atoms with van der Waals surface area (Å²) < 4.78 is 23.4. The van der Waals surface area contributed by atoms with Gasteiger partial charge in [-0.1, -0.05) is 17.7 Å². The van der Waals surface area contributed by atoms with Crippen LogP contribution in [0.4, 0.5) is 17.6 Å². The third-order valence-corrected chi connectivity index (χ3v) is 5.71. The summed E-state index contributed by atoms with van der Waals surface area (Å²) in [6, 6.07) is 7.07. The van der Waals surface area contributed by atoms with Crippen LogP contribution in [0, 0.1) is 6.92 Å². The maximum absolute atomic E-state index is 12.9. The first-order chi connectivity index (χ1) is 19.4. The molecule has 0 spiro atoms. The molecule has 216 valence electrons. The topological polar surface area (TPSA) is 206 Å². The molecule has 0 radical (unpaired) electrons. The Morgan fingerprint density at radius 1 is 0.976 bits per heavy atom. The molecular formula is C25H27N7O9. The maximum atomic E-state index is 12.9. The largest absolute Gasteiger partial charge is 0.463 e. The standard InChI is InChI=1S/C25H27N7O9/c1-11-6-8-16(9-7-11)30-31-25-27-18-21(28-24(26-12(2)33)29-22(18)37)32(25)23-20(40-15(5)36)19(39-14(4)35)17(41-23)10-38-13(3)34/h6-9,17,19-20,23H,10H2,1-5H3,(H2,26,28,29,33,37)/t17-,19+,20?,23-/m1/s1. The van der Waals surface area contributed by atoms with Gasteiger partial charge in [-0.15, -0.1) is 10.2 Å². The van der Waals surface area contributed by atoms with E-state index in [1.165, 1.54) is 18.4 Å². The van der Waals surface area contributed by atoms with Crippen molar-refractivity contribution in [1.29, 1.82) is 0 Å². The van der Waals surface area contributed by atoms with Crippen molar-refractivity contribution in [2.45, 2.75) is 59.2 Å². The van der Waals surface area contributed by atoms with Crippen LogP contribution in [0.1, 0.15) is 39.5 Å². The van der Waals surface area contributed by atoms with Crippen LogP contribution in [0.3, 0.4) is 0 Å². The molecule has 1 fully saturated rings. The number of hydrogen-bond acceptors (Lipinski definition) is 13. The number of ether oxygens (including phenoxy) is 4. The van der Waals surface area contributed by atoms with Gasteiger partial charge < -0.3 is 18.9 Å². The number of anilines is 1. The number of carbonyl (C=O) groups is 4. The van der Waals surface area contributed by atoms with Gasteiger partial charge in [0.2, 0.25) is 11.9 Å². The molecule has 1 saturated heterocycles. The van der Waals surface area contributed by atoms with E-state index in [2.05, 4.69) is 30.5 Å². The molecule has 1 unspecified atom stereocenters. The average Bonchev–Trinajstić information content (AvgIpc) is 3.39. The Bertz CT molecular complexity index is 1580. The van der Waals surface area contributed by atoms with Gasteiger partial charge >= 0.3 is 17.9 Å². The van der Waals surface area contributed by atoms with E-state index in [1.54, 1.807) is 12.1 Å². The smallest absolute Gasteiger partial charge is 0.303 e. The highest BCUT2D eigenvalue weighted by molar-refractivity contribution is 5.87. The van der Waals surface area contributed by atoms with E-state index in [4.69, 9.17) is 18.9 Å². The predicted octanol–water partition coefficient (Wildman–Crippen LogP) is 2.13. The molecule has 0 saturated carbocycles. The number of esters is 3. The summed E-state index contributed by atoms with van der Waals surface area (Å²) in [5.74, 6) is -2.99. The van der Waals surface area contributed by atoms with Crippen molar-refractivity contribution >= 4 is 52.6 Å². The number of azo groups is 1. The van der Waals surface area contributed by atoms with E-state index in [-0.39, 0.29) is 29.7 Å². The van der Waals surface area contributed by atoms with Crippen molar-refractivity contribution in [3.63, 3.8) is 0 Å². The number of aromatic amines is 1. The monoisotopic (exact) mass is 569 g/mol. The third kappa shape index (κ3) is 6.78. The van der Waals surface area contributed by atoms with E-state index in [0.29, 0.717) is 5.69 Å². The predicted molar refractivity (Wildman–Crippen MR) is 139 cm³/mol. The molecule has 2 aromatic heterocycles. The molecule has 2 N–H and O–H groups in total. The summed E-state index contributed by atoms with van der Waals surface area (Å²) in [4.78, 5) is 71.3. The zero-order chi connectivity index (χ0) is 29.8. The number of H-pyrrole nitrogens is 1. The van der Waals surface area contributed by atoms with E-state index < -0.39 is 53.9 Å². The van der Waals surface area contributed by atoms with E-state index in [1.807, 2.05) is 19.1 Å². The number of nitrogens with one attached hydrogen (secondary N) is 2. The highest BCUT2D eigenvalue weighted by Crippen LogP contribution is 2.39. The minimum atomic E-state index is -1.35. The molecule has 1 aliphatic rings. The lowest BCUT2D eigenvalue weighted by atomic mass is 10.1. The number of hydrogen-bond donors (Lipinski definition) is 2. The molecule has 0 bridgehead atoms. The molecule has 3 heterocycles. The van der Waals surface area contributed by atoms with Crippen LogP contribution < -0.4 is 10.9 Å². The average molecular weight is 570 g/mol. The van der Waals surface area contributed by atoms with Crippen molar-refractivity contribution in [2.75, 3.05) is 11.9 Å². The minimum absolute atomic E-state index is 0.118. The van der Waals surface area contributed by atoms with Gasteiger partial charge in [-0.25, -0.2) is 4.98 Å². The van der Waals surface area contributed by atoms with Crippen LogP contribution in [-0.2, 0) is 38.1 Å². The molecule has 3 aromatic rings. The Balaban J connectivity index is 1.91. The Labute approximate surface area is 232 Å². The number of carbonyl (C=O) groups excluding carboxylic acids is 4. The molecule has 1 aromatic carbocycles. The summed E-state index contributed by atoms with van der Waals surface area (Å²) in [6.07, 6.45) is -5.02. The second-order valence-electron chi connectivity index (χ2n) is 9.10. The first-order valence-electron chi connectivity index (χ1n) is 12.3. The molecule has 0 aliphatic carbocycles. The SMILES string of the molecule is CC(=O)Nc1nc2c(nc(N=Nc3ccc(C)cc3)n2[C@@H]2O[C@H](COC(C)=O)[C@H](OC(C)=O)C2OC(C)=O)c(=O)[nH]1. The zero-order valence-corrected chi connectivity index (χ0v) is 22.7. The number of aryl methyl sites for hydroxylation is 1. The zero-order valence-electron chi connectivity index (χ0n) is 22.7. The van der Waals surface area contributed by atoms with Crippen LogP contribution >= 0.6 is 0 Å². The van der Waals surface area contributed by atoms with Gasteiger partial charge in [-0.05, 0) is 19.1 Å². The van der Waals surface area contributed by atoms with Crippen LogP contribution in [0.15, 0.2) is 39.3 Å². The van der Waals surface area contributed by atoms with Gasteiger partial charge in [0, 0.05) is 27.7 Å². The molecule has 16 heteroatoms. The quantitative estimate of drug-likeness (QED) is 0.228. The Kier molecular flexibility index (Phi) is 8.51. The summed E-state index contributed by atoms with van der Waals surface area (Å²) in [5.41, 5.74) is 0.418. The molecule has 41 heavy (non-hydrogen) atoms. The number of benzene rings is 1. The molecule has 4 atom stereocenters. The molecule has 1 amide bonds. The summed E-state index contributed by atoms with van der Waals surface area (Å²) >= 11 is 0. The molecule has 4 rings (SSSR count). The Morgan fingerprint density at radius 3 is 2.24 bits per heavy atom. The molecule has 1 aliphatic heterocycles. The molecule has 16 nitrogen and oxygen atoms in total. The van der Waals surface area contributed by atoms with Gasteiger partial charge in [0.15, 0.2) is 29.6 Å². The molecular weight excluding hydrogens is 542 g/mol. The Hall–Kier alpha value is -4.99. The fourth-order valence-electron chi connectivity index (χ4n) is 4.12. The van der Waals surface area contributed by atoms with Crippen LogP contribution in [0.5, 0.6) is 0 Å². The van der Waals surface area contributed by atoms with Gasteiger partial charge in [-0.2, -0.15) is 4.98 Å². The highest BCUT2D eigenvalue weighted by atomic mass is 16.7. The lowest BCUT2D eigenvalue weighted by molar-refractivity contribution is -0.166. The van der Waals surface area contributed by atoms with Crippen LogP contribution in [0.2, 0.25) is 0 Å². The second-order valence-corrected chi connectivity index (χ2v) is 9.10. The minimum Gasteiger partial charge on any atom is -0.463 e. The highest BCUT2D eigenvalue weighted by Gasteiger charge is 2.52. The summed E-state index contributed by atoms with van der Waals surface area (Å²) in [6.45, 7) is 6.24. The number of imidazole rings is 1. The first kappa shape index (κ1) is 29.0. The van der Waals surface area contributed by atoms with Gasteiger partial charge in [0.05, 0.1) is 5.69 Å². The number of fused-ring (bicyclic) bond motifs is 1. The summed E-state index contributed by atoms with van der Waals surface area (Å²) in [5, 5.41) is 10.8. The lowest BCUT2D eigenvalue weighted by Gasteiger charge is -2.24. The normalized spacial score (nSPS) is 20.2. The van der Waals surface area contributed by atoms with Crippen molar-refractivity contribution in [2.24, 2.45) is 10.2 Å². The Morgan fingerprint density at radius 2 is 1.63 bits per heavy atom. The van der Waals surface area contributed by atoms with Gasteiger partial charge in [0.1, 0.15) is 12.7 Å². The fraction of sp³-hybridized carbons (Fsp3) is 0.400. The fourth-order valence-corrected chi connectivity index (χ4v) is 4.12. The number of nitrogens with zero attached hydrogens (tertiary/aromatic N) is 5. The maximum Gasteiger partial charge on any atom is 0.303 e. The van der Waals surface area contributed by atoms with Crippen molar-refractivity contribution in [3.8, 4) is 0 Å².